The summed E-state index contributed by atoms with van der Waals surface area (Å²) in [6, 6.07) is 8.59. The van der Waals surface area contributed by atoms with Crippen LogP contribution in [0.5, 0.6) is 5.75 Å². The molecule has 0 spiro atoms. The zero-order valence-corrected chi connectivity index (χ0v) is 17.3. The molecule has 6 nitrogen and oxygen atoms in total. The monoisotopic (exact) mass is 448 g/mol. The number of aliphatic imine (C=N–C) groups is 1. The van der Waals surface area contributed by atoms with Gasteiger partial charge >= 0.3 is 0 Å². The van der Waals surface area contributed by atoms with Crippen molar-refractivity contribution in [3.8, 4) is 5.75 Å². The molecular formula is C17H29IN4O2. The third kappa shape index (κ3) is 5.78. The summed E-state index contributed by atoms with van der Waals surface area (Å²) in [5.74, 6) is 1.77. The van der Waals surface area contributed by atoms with Crippen molar-refractivity contribution in [3.63, 3.8) is 0 Å². The lowest BCUT2D eigenvalue weighted by Crippen LogP contribution is -2.46. The Morgan fingerprint density at radius 1 is 1.29 bits per heavy atom. The Kier molecular flexibility index (Phi) is 9.38. The highest BCUT2D eigenvalue weighted by atomic mass is 127. The molecular weight excluding hydrogens is 419 g/mol. The molecule has 1 aromatic carbocycles. The highest BCUT2D eigenvalue weighted by molar-refractivity contribution is 14.0. The van der Waals surface area contributed by atoms with E-state index in [0.29, 0.717) is 0 Å². The van der Waals surface area contributed by atoms with Gasteiger partial charge in [0.15, 0.2) is 5.96 Å². The second-order valence-electron chi connectivity index (χ2n) is 5.76. The van der Waals surface area contributed by atoms with Gasteiger partial charge in [-0.3, -0.25) is 9.89 Å². The first-order chi connectivity index (χ1) is 11.2. The molecule has 1 heterocycles. The summed E-state index contributed by atoms with van der Waals surface area (Å²) in [4.78, 5) is 8.74. The van der Waals surface area contributed by atoms with Crippen LogP contribution in [0, 0.1) is 0 Å². The number of halogens is 1. The summed E-state index contributed by atoms with van der Waals surface area (Å²) < 4.78 is 10.8. The Labute approximate surface area is 162 Å². The normalized spacial score (nSPS) is 16.9. The van der Waals surface area contributed by atoms with Gasteiger partial charge in [-0.15, -0.1) is 24.0 Å². The van der Waals surface area contributed by atoms with Gasteiger partial charge in [-0.05, 0) is 17.7 Å². The molecule has 1 aliphatic rings. The van der Waals surface area contributed by atoms with E-state index in [0.717, 1.165) is 44.6 Å². The quantitative estimate of drug-likeness (QED) is 0.423. The zero-order chi connectivity index (χ0) is 16.7. The van der Waals surface area contributed by atoms with Gasteiger partial charge in [0.25, 0.3) is 0 Å². The van der Waals surface area contributed by atoms with E-state index in [1.54, 1.807) is 14.2 Å². The lowest BCUT2D eigenvalue weighted by molar-refractivity contribution is 0.0169. The molecule has 1 atom stereocenters. The molecule has 0 aliphatic carbocycles. The number of nitrogens with zero attached hydrogens (tertiary/aromatic N) is 3. The number of guanidine groups is 1. The van der Waals surface area contributed by atoms with Gasteiger partial charge < -0.3 is 19.7 Å². The fraction of sp³-hybridized carbons (Fsp3) is 0.588. The summed E-state index contributed by atoms with van der Waals surface area (Å²) in [7, 11) is 7.48. The van der Waals surface area contributed by atoms with Gasteiger partial charge in [0.2, 0.25) is 0 Å². The van der Waals surface area contributed by atoms with Crippen LogP contribution in [0.25, 0.3) is 0 Å². The van der Waals surface area contributed by atoms with E-state index in [4.69, 9.17) is 9.47 Å². The van der Waals surface area contributed by atoms with Crippen LogP contribution in [0.15, 0.2) is 29.3 Å². The highest BCUT2D eigenvalue weighted by Crippen LogP contribution is 2.23. The van der Waals surface area contributed by atoms with Gasteiger partial charge in [0, 0.05) is 40.8 Å². The number of rotatable bonds is 5. The molecule has 24 heavy (non-hydrogen) atoms. The molecule has 0 radical (unpaired) electrons. The van der Waals surface area contributed by atoms with Crippen LogP contribution >= 0.6 is 24.0 Å². The zero-order valence-electron chi connectivity index (χ0n) is 15.0. The van der Waals surface area contributed by atoms with Crippen LogP contribution in [0.1, 0.15) is 11.6 Å². The predicted molar refractivity (Wildman–Crippen MR) is 109 cm³/mol. The largest absolute Gasteiger partial charge is 0.497 e. The van der Waals surface area contributed by atoms with Gasteiger partial charge in [-0.25, -0.2) is 0 Å². The smallest absolute Gasteiger partial charge is 0.193 e. The van der Waals surface area contributed by atoms with E-state index in [2.05, 4.69) is 27.3 Å². The van der Waals surface area contributed by atoms with Crippen LogP contribution < -0.4 is 10.1 Å². The average Bonchev–Trinajstić information content (AvgIpc) is 2.59. The molecule has 7 heteroatoms. The minimum absolute atomic E-state index is 0. The molecule has 1 N–H and O–H groups in total. The van der Waals surface area contributed by atoms with Crippen molar-refractivity contribution in [2.45, 2.75) is 6.04 Å². The average molecular weight is 448 g/mol. The second kappa shape index (κ2) is 10.7. The standard InChI is InChI=1S/C17H28N4O2.HI/c1-18-17(20(2)3)19-13-16(21-9-11-23-12-10-21)14-5-7-15(22-4)8-6-14;/h5-8,16H,9-13H2,1-4H3,(H,18,19);1H. The van der Waals surface area contributed by atoms with Crippen molar-refractivity contribution >= 4 is 29.9 Å². The van der Waals surface area contributed by atoms with E-state index in [1.165, 1.54) is 5.56 Å². The lowest BCUT2D eigenvalue weighted by atomic mass is 10.0. The van der Waals surface area contributed by atoms with Gasteiger partial charge in [-0.2, -0.15) is 0 Å². The molecule has 0 bridgehead atoms. The topological polar surface area (TPSA) is 49.3 Å². The summed E-state index contributed by atoms with van der Waals surface area (Å²) in [6.07, 6.45) is 0. The highest BCUT2D eigenvalue weighted by Gasteiger charge is 2.23. The molecule has 1 saturated heterocycles. The fourth-order valence-corrected chi connectivity index (χ4v) is 2.80. The van der Waals surface area contributed by atoms with E-state index < -0.39 is 0 Å². The van der Waals surface area contributed by atoms with E-state index in [-0.39, 0.29) is 30.0 Å². The third-order valence-electron chi connectivity index (χ3n) is 4.08. The van der Waals surface area contributed by atoms with Crippen LogP contribution in [0.2, 0.25) is 0 Å². The molecule has 1 fully saturated rings. The van der Waals surface area contributed by atoms with Crippen molar-refractivity contribution in [1.82, 2.24) is 15.1 Å². The first-order valence-electron chi connectivity index (χ1n) is 7.99. The second-order valence-corrected chi connectivity index (χ2v) is 5.76. The first-order valence-corrected chi connectivity index (χ1v) is 7.99. The summed E-state index contributed by atoms with van der Waals surface area (Å²) in [6.45, 7) is 4.26. The number of ether oxygens (including phenoxy) is 2. The van der Waals surface area contributed by atoms with E-state index in [1.807, 2.05) is 31.1 Å². The number of nitrogens with one attached hydrogen (secondary N) is 1. The first kappa shape index (κ1) is 21.0. The predicted octanol–water partition coefficient (Wildman–Crippen LogP) is 1.82. The number of hydrogen-bond acceptors (Lipinski definition) is 4. The van der Waals surface area contributed by atoms with Crippen LogP contribution in [-0.2, 0) is 4.74 Å². The molecule has 1 aliphatic heterocycles. The summed E-state index contributed by atoms with van der Waals surface area (Å²) in [5.41, 5.74) is 1.27. The van der Waals surface area contributed by atoms with Crippen molar-refractivity contribution in [1.29, 1.82) is 0 Å². The Morgan fingerprint density at radius 2 is 1.92 bits per heavy atom. The minimum Gasteiger partial charge on any atom is -0.497 e. The van der Waals surface area contributed by atoms with Gasteiger partial charge in [-0.1, -0.05) is 12.1 Å². The van der Waals surface area contributed by atoms with Crippen molar-refractivity contribution in [2.75, 3.05) is 61.1 Å². The minimum atomic E-state index is 0. The molecule has 0 aromatic heterocycles. The maximum Gasteiger partial charge on any atom is 0.193 e. The van der Waals surface area contributed by atoms with E-state index in [9.17, 15) is 0 Å². The maximum absolute atomic E-state index is 5.49. The SMILES string of the molecule is CN=C(NCC(c1ccc(OC)cc1)N1CCOCC1)N(C)C.I. The third-order valence-corrected chi connectivity index (χ3v) is 4.08. The van der Waals surface area contributed by atoms with Gasteiger partial charge in [0.1, 0.15) is 5.75 Å². The molecule has 136 valence electrons. The Bertz CT molecular complexity index is 502. The number of hydrogen-bond donors (Lipinski definition) is 1. The van der Waals surface area contributed by atoms with Crippen LogP contribution in [-0.4, -0.2) is 76.9 Å². The van der Waals surface area contributed by atoms with Crippen molar-refractivity contribution < 1.29 is 9.47 Å². The van der Waals surface area contributed by atoms with Crippen molar-refractivity contribution in [2.24, 2.45) is 4.99 Å². The number of benzene rings is 1. The van der Waals surface area contributed by atoms with Gasteiger partial charge in [0.05, 0.1) is 26.4 Å². The molecule has 1 aromatic rings. The van der Waals surface area contributed by atoms with Crippen LogP contribution in [0.4, 0.5) is 0 Å². The van der Waals surface area contributed by atoms with Crippen LogP contribution in [0.3, 0.4) is 0 Å². The maximum atomic E-state index is 5.49. The molecule has 1 unspecified atom stereocenters. The Morgan fingerprint density at radius 3 is 2.42 bits per heavy atom. The summed E-state index contributed by atoms with van der Waals surface area (Å²) in [5, 5.41) is 3.46. The Hall–Kier alpha value is -1.06. The lowest BCUT2D eigenvalue weighted by Gasteiger charge is -2.35. The molecule has 0 amide bonds. The molecule has 2 rings (SSSR count). The van der Waals surface area contributed by atoms with E-state index >= 15 is 0 Å². The Balaban J connectivity index is 0.00000288. The number of morpholine rings is 1. The summed E-state index contributed by atoms with van der Waals surface area (Å²) >= 11 is 0. The number of methoxy groups -OCH3 is 1. The fourth-order valence-electron chi connectivity index (χ4n) is 2.80. The molecule has 0 saturated carbocycles. The van der Waals surface area contributed by atoms with Crippen molar-refractivity contribution in [3.05, 3.63) is 29.8 Å².